The number of aryl methyl sites for hydroxylation is 1. The summed E-state index contributed by atoms with van der Waals surface area (Å²) in [6.07, 6.45) is 1.87. The molecule has 1 aliphatic rings. The van der Waals surface area contributed by atoms with Gasteiger partial charge in [0, 0.05) is 5.69 Å². The number of ether oxygens (including phenoxy) is 1. The van der Waals surface area contributed by atoms with Gasteiger partial charge in [0.25, 0.3) is 0 Å². The van der Waals surface area contributed by atoms with Crippen molar-refractivity contribution in [2.75, 3.05) is 12.4 Å². The number of hydrogen-bond acceptors (Lipinski definition) is 3. The normalized spacial score (nSPS) is 14.6. The van der Waals surface area contributed by atoms with Crippen LogP contribution in [0.25, 0.3) is 0 Å². The monoisotopic (exact) mass is 324 g/mol. The van der Waals surface area contributed by atoms with Crippen LogP contribution in [0.15, 0.2) is 48.5 Å². The fourth-order valence-corrected chi connectivity index (χ4v) is 2.67. The molecule has 0 atom stereocenters. The van der Waals surface area contributed by atoms with Crippen LogP contribution in [0.1, 0.15) is 34.3 Å². The Bertz CT molecular complexity index is 747. The summed E-state index contributed by atoms with van der Waals surface area (Å²) in [5.41, 5.74) is 3.14. The van der Waals surface area contributed by atoms with Crippen molar-refractivity contribution in [3.8, 4) is 0 Å². The Morgan fingerprint density at radius 3 is 2.17 bits per heavy atom. The van der Waals surface area contributed by atoms with Crippen LogP contribution in [0.2, 0.25) is 0 Å². The van der Waals surface area contributed by atoms with E-state index in [0.29, 0.717) is 11.3 Å². The highest BCUT2D eigenvalue weighted by atomic mass is 16.5. The number of amides is 2. The second-order valence-corrected chi connectivity index (χ2v) is 6.10. The Balaban J connectivity index is 1.63. The highest BCUT2D eigenvalue weighted by Gasteiger charge is 2.45. The fraction of sp³-hybridized carbons (Fsp3) is 0.263. The van der Waals surface area contributed by atoms with Gasteiger partial charge in [0.1, 0.15) is 0 Å². The van der Waals surface area contributed by atoms with Gasteiger partial charge >= 0.3 is 12.0 Å². The molecule has 0 heterocycles. The van der Waals surface area contributed by atoms with Crippen molar-refractivity contribution in [2.45, 2.75) is 25.3 Å². The summed E-state index contributed by atoms with van der Waals surface area (Å²) in [6, 6.07) is 14.6. The van der Waals surface area contributed by atoms with Gasteiger partial charge in [-0.25, -0.2) is 9.59 Å². The van der Waals surface area contributed by atoms with Crippen molar-refractivity contribution < 1.29 is 14.3 Å². The molecule has 2 amide bonds. The molecular weight excluding hydrogens is 304 g/mol. The van der Waals surface area contributed by atoms with E-state index in [1.807, 2.05) is 6.92 Å². The van der Waals surface area contributed by atoms with Crippen LogP contribution >= 0.6 is 0 Å². The first kappa shape index (κ1) is 16.1. The molecule has 0 aliphatic heterocycles. The maximum Gasteiger partial charge on any atom is 0.337 e. The number of anilines is 1. The Hall–Kier alpha value is -2.82. The molecule has 124 valence electrons. The summed E-state index contributed by atoms with van der Waals surface area (Å²) in [6.45, 7) is 2.04. The van der Waals surface area contributed by atoms with Gasteiger partial charge in [0.05, 0.1) is 18.2 Å². The summed E-state index contributed by atoms with van der Waals surface area (Å²) in [4.78, 5) is 23.7. The highest BCUT2D eigenvalue weighted by Crippen LogP contribution is 2.45. The van der Waals surface area contributed by atoms with Gasteiger partial charge in [-0.1, -0.05) is 29.8 Å². The molecule has 0 radical (unpaired) electrons. The van der Waals surface area contributed by atoms with Crippen LogP contribution in [-0.2, 0) is 10.3 Å². The van der Waals surface area contributed by atoms with Crippen molar-refractivity contribution in [2.24, 2.45) is 0 Å². The molecule has 2 aromatic carbocycles. The molecule has 2 N–H and O–H groups in total. The van der Waals surface area contributed by atoms with E-state index in [0.717, 1.165) is 18.4 Å². The number of rotatable bonds is 4. The van der Waals surface area contributed by atoms with Crippen molar-refractivity contribution in [3.63, 3.8) is 0 Å². The van der Waals surface area contributed by atoms with Gasteiger partial charge in [-0.3, -0.25) is 0 Å². The molecule has 5 nitrogen and oxygen atoms in total. The fourth-order valence-electron chi connectivity index (χ4n) is 2.67. The molecule has 0 unspecified atom stereocenters. The average molecular weight is 324 g/mol. The van der Waals surface area contributed by atoms with Crippen molar-refractivity contribution in [1.29, 1.82) is 0 Å². The number of methoxy groups -OCH3 is 1. The van der Waals surface area contributed by atoms with Gasteiger partial charge in [0.2, 0.25) is 0 Å². The first-order valence-corrected chi connectivity index (χ1v) is 7.87. The third-order valence-electron chi connectivity index (χ3n) is 4.27. The SMILES string of the molecule is COC(=O)c1ccc(NC(=O)NC2(c3ccc(C)cc3)CC2)cc1. The van der Waals surface area contributed by atoms with Gasteiger partial charge in [0.15, 0.2) is 0 Å². The van der Waals surface area contributed by atoms with E-state index in [4.69, 9.17) is 0 Å². The average Bonchev–Trinajstić information content (AvgIpc) is 3.35. The molecule has 0 bridgehead atoms. The van der Waals surface area contributed by atoms with E-state index in [2.05, 4.69) is 39.6 Å². The van der Waals surface area contributed by atoms with Crippen LogP contribution in [0, 0.1) is 6.92 Å². The summed E-state index contributed by atoms with van der Waals surface area (Å²) < 4.78 is 4.65. The van der Waals surface area contributed by atoms with Crippen LogP contribution in [-0.4, -0.2) is 19.1 Å². The van der Waals surface area contributed by atoms with Crippen LogP contribution in [0.5, 0.6) is 0 Å². The summed E-state index contributed by atoms with van der Waals surface area (Å²) >= 11 is 0. The Morgan fingerprint density at radius 1 is 1.00 bits per heavy atom. The minimum absolute atomic E-state index is 0.251. The minimum Gasteiger partial charge on any atom is -0.465 e. The second kappa shape index (κ2) is 6.35. The smallest absolute Gasteiger partial charge is 0.337 e. The maximum absolute atomic E-state index is 12.3. The number of nitrogens with one attached hydrogen (secondary N) is 2. The number of esters is 1. The van der Waals surface area contributed by atoms with E-state index in [1.54, 1.807) is 24.3 Å². The first-order valence-electron chi connectivity index (χ1n) is 7.87. The van der Waals surface area contributed by atoms with Crippen LogP contribution < -0.4 is 10.6 Å². The predicted molar refractivity (Wildman–Crippen MR) is 92.0 cm³/mol. The number of carbonyl (C=O) groups is 2. The van der Waals surface area contributed by atoms with E-state index in [1.165, 1.54) is 12.7 Å². The topological polar surface area (TPSA) is 67.4 Å². The molecule has 0 aromatic heterocycles. The molecule has 24 heavy (non-hydrogen) atoms. The van der Waals surface area contributed by atoms with E-state index in [-0.39, 0.29) is 11.6 Å². The predicted octanol–water partition coefficient (Wildman–Crippen LogP) is 3.59. The lowest BCUT2D eigenvalue weighted by atomic mass is 10.0. The zero-order valence-corrected chi connectivity index (χ0v) is 13.8. The summed E-state index contributed by atoms with van der Waals surface area (Å²) in [7, 11) is 1.34. The van der Waals surface area contributed by atoms with Crippen LogP contribution in [0.3, 0.4) is 0 Å². The molecule has 1 fully saturated rings. The van der Waals surface area contributed by atoms with Crippen molar-refractivity contribution >= 4 is 17.7 Å². The zero-order valence-electron chi connectivity index (χ0n) is 13.8. The summed E-state index contributed by atoms with van der Waals surface area (Å²) in [5.74, 6) is -0.401. The maximum atomic E-state index is 12.3. The lowest BCUT2D eigenvalue weighted by Gasteiger charge is -2.18. The molecular formula is C19H20N2O3. The Kier molecular flexibility index (Phi) is 4.25. The standard InChI is InChI=1S/C19H20N2O3/c1-13-3-7-15(8-4-13)19(11-12-19)21-18(23)20-16-9-5-14(6-10-16)17(22)24-2/h3-10H,11-12H2,1-2H3,(H2,20,21,23). The molecule has 3 rings (SSSR count). The first-order chi connectivity index (χ1) is 11.5. The number of hydrogen-bond donors (Lipinski definition) is 2. The van der Waals surface area contributed by atoms with E-state index in [9.17, 15) is 9.59 Å². The van der Waals surface area contributed by atoms with Crippen molar-refractivity contribution in [3.05, 3.63) is 65.2 Å². The summed E-state index contributed by atoms with van der Waals surface area (Å²) in [5, 5.41) is 5.86. The Labute approximate surface area is 141 Å². The number of benzene rings is 2. The zero-order chi connectivity index (χ0) is 17.2. The molecule has 1 saturated carbocycles. The van der Waals surface area contributed by atoms with Gasteiger partial charge < -0.3 is 15.4 Å². The van der Waals surface area contributed by atoms with E-state index < -0.39 is 5.97 Å². The second-order valence-electron chi connectivity index (χ2n) is 6.10. The molecule has 5 heteroatoms. The van der Waals surface area contributed by atoms with Crippen LogP contribution in [0.4, 0.5) is 10.5 Å². The molecule has 0 spiro atoms. The van der Waals surface area contributed by atoms with Gasteiger partial charge in [-0.15, -0.1) is 0 Å². The lowest BCUT2D eigenvalue weighted by Crippen LogP contribution is -2.38. The largest absolute Gasteiger partial charge is 0.465 e. The highest BCUT2D eigenvalue weighted by molar-refractivity contribution is 5.92. The van der Waals surface area contributed by atoms with Gasteiger partial charge in [-0.05, 0) is 49.6 Å². The lowest BCUT2D eigenvalue weighted by molar-refractivity contribution is 0.0601. The van der Waals surface area contributed by atoms with Gasteiger partial charge in [-0.2, -0.15) is 0 Å². The molecule has 2 aromatic rings. The number of carbonyl (C=O) groups excluding carboxylic acids is 2. The third kappa shape index (κ3) is 3.40. The molecule has 0 saturated heterocycles. The Morgan fingerprint density at radius 2 is 1.62 bits per heavy atom. The van der Waals surface area contributed by atoms with Crippen molar-refractivity contribution in [1.82, 2.24) is 5.32 Å². The number of urea groups is 1. The minimum atomic E-state index is -0.401. The quantitative estimate of drug-likeness (QED) is 0.845. The van der Waals surface area contributed by atoms with E-state index >= 15 is 0 Å². The third-order valence-corrected chi connectivity index (χ3v) is 4.27. The molecule has 1 aliphatic carbocycles.